The summed E-state index contributed by atoms with van der Waals surface area (Å²) in [6, 6.07) is 9.81. The Kier molecular flexibility index (Phi) is 5.54. The van der Waals surface area contributed by atoms with Gasteiger partial charge in [0.05, 0.1) is 24.9 Å². The van der Waals surface area contributed by atoms with E-state index in [9.17, 15) is 9.90 Å². The maximum Gasteiger partial charge on any atom is 0.412 e. The summed E-state index contributed by atoms with van der Waals surface area (Å²) < 4.78 is 15.1. The highest BCUT2D eigenvalue weighted by atomic mass is 35.5. The third kappa shape index (κ3) is 4.43. The molecule has 1 amide bonds. The fourth-order valence-electron chi connectivity index (χ4n) is 1.82. The Morgan fingerprint density at radius 1 is 1.17 bits per heavy atom. The van der Waals surface area contributed by atoms with Gasteiger partial charge in [-0.25, -0.2) is 4.79 Å². The molecule has 122 valence electrons. The molecule has 0 aliphatic carbocycles. The molecule has 0 aliphatic heterocycles. The van der Waals surface area contributed by atoms with E-state index in [0.29, 0.717) is 0 Å². The van der Waals surface area contributed by atoms with Gasteiger partial charge in [-0.05, 0) is 17.7 Å². The first-order valence-corrected chi connectivity index (χ1v) is 7.04. The lowest BCUT2D eigenvalue weighted by Crippen LogP contribution is -2.13. The first kappa shape index (κ1) is 16.8. The fourth-order valence-corrected chi connectivity index (χ4v) is 2.02. The van der Waals surface area contributed by atoms with Gasteiger partial charge in [0.2, 0.25) is 0 Å². The molecule has 2 N–H and O–H groups in total. The van der Waals surface area contributed by atoms with Crippen LogP contribution < -0.4 is 14.8 Å². The highest BCUT2D eigenvalue weighted by Crippen LogP contribution is 2.35. The van der Waals surface area contributed by atoms with Crippen molar-refractivity contribution >= 4 is 23.4 Å². The summed E-state index contributed by atoms with van der Waals surface area (Å²) in [4.78, 5) is 11.8. The van der Waals surface area contributed by atoms with Crippen molar-refractivity contribution in [2.45, 2.75) is 6.61 Å². The number of carbonyl (C=O) groups is 1. The topological polar surface area (TPSA) is 77.0 Å². The molecule has 23 heavy (non-hydrogen) atoms. The lowest BCUT2D eigenvalue weighted by Gasteiger charge is -2.11. The van der Waals surface area contributed by atoms with Gasteiger partial charge in [0.15, 0.2) is 11.5 Å². The molecule has 0 heterocycles. The molecule has 0 radical (unpaired) electrons. The summed E-state index contributed by atoms with van der Waals surface area (Å²) >= 11 is 6.00. The quantitative estimate of drug-likeness (QED) is 0.867. The second-order valence-electron chi connectivity index (χ2n) is 4.55. The van der Waals surface area contributed by atoms with E-state index in [1.807, 2.05) is 0 Å². The van der Waals surface area contributed by atoms with Gasteiger partial charge in [0, 0.05) is 12.1 Å². The minimum absolute atomic E-state index is 0.0928. The van der Waals surface area contributed by atoms with E-state index in [-0.39, 0.29) is 28.8 Å². The number of aromatic hydroxyl groups is 1. The molecule has 0 saturated heterocycles. The van der Waals surface area contributed by atoms with Crippen LogP contribution in [0.15, 0.2) is 36.4 Å². The third-order valence-corrected chi connectivity index (χ3v) is 3.35. The predicted molar refractivity (Wildman–Crippen MR) is 86.5 cm³/mol. The second-order valence-corrected chi connectivity index (χ2v) is 4.96. The van der Waals surface area contributed by atoms with Crippen LogP contribution in [0.25, 0.3) is 0 Å². The fraction of sp³-hybridized carbons (Fsp3) is 0.188. The number of anilines is 1. The number of carbonyl (C=O) groups excluding carboxylic acids is 1. The first-order chi connectivity index (χ1) is 11.0. The van der Waals surface area contributed by atoms with Crippen molar-refractivity contribution < 1.29 is 24.1 Å². The van der Waals surface area contributed by atoms with Gasteiger partial charge in [0.25, 0.3) is 0 Å². The zero-order valence-corrected chi connectivity index (χ0v) is 13.4. The van der Waals surface area contributed by atoms with E-state index in [2.05, 4.69) is 5.32 Å². The molecule has 7 heteroatoms. The van der Waals surface area contributed by atoms with E-state index in [0.717, 1.165) is 11.3 Å². The molecule has 6 nitrogen and oxygen atoms in total. The van der Waals surface area contributed by atoms with Crippen molar-refractivity contribution in [2.75, 3.05) is 19.5 Å². The van der Waals surface area contributed by atoms with Crippen LogP contribution >= 0.6 is 11.6 Å². The highest BCUT2D eigenvalue weighted by Gasteiger charge is 2.12. The van der Waals surface area contributed by atoms with Gasteiger partial charge >= 0.3 is 6.09 Å². The van der Waals surface area contributed by atoms with Gasteiger partial charge in [-0.3, -0.25) is 5.32 Å². The number of nitrogens with one attached hydrogen (secondary N) is 1. The maximum absolute atomic E-state index is 11.8. The molecule has 0 spiro atoms. The number of ether oxygens (including phenoxy) is 3. The van der Waals surface area contributed by atoms with Crippen LogP contribution in [-0.4, -0.2) is 25.4 Å². The molecule has 2 aromatic rings. The van der Waals surface area contributed by atoms with Crippen molar-refractivity contribution in [1.29, 1.82) is 0 Å². The van der Waals surface area contributed by atoms with Crippen LogP contribution in [0, 0.1) is 0 Å². The average molecular weight is 338 g/mol. The number of amides is 1. The Labute approximate surface area is 138 Å². The normalized spacial score (nSPS) is 10.0. The number of halogens is 1. The highest BCUT2D eigenvalue weighted by molar-refractivity contribution is 6.33. The molecule has 0 fully saturated rings. The molecule has 2 rings (SSSR count). The maximum atomic E-state index is 11.8. The lowest BCUT2D eigenvalue weighted by atomic mass is 10.2. The number of hydrogen-bond donors (Lipinski definition) is 2. The van der Waals surface area contributed by atoms with Crippen molar-refractivity contribution in [3.05, 3.63) is 47.0 Å². The Morgan fingerprint density at radius 2 is 1.87 bits per heavy atom. The number of phenolic OH excluding ortho intramolecular Hbond substituents is 1. The lowest BCUT2D eigenvalue weighted by molar-refractivity contribution is 0.155. The standard InChI is InChI=1S/C16H16ClNO5/c1-21-11-5-3-10(4-6-11)9-23-16(20)18-13-8-14(19)15(22-2)7-12(13)17/h3-8,19H,9H2,1-2H3,(H,18,20). The minimum atomic E-state index is -0.688. The zero-order valence-electron chi connectivity index (χ0n) is 12.6. The summed E-state index contributed by atoms with van der Waals surface area (Å²) in [5.74, 6) is 0.799. The van der Waals surface area contributed by atoms with Crippen molar-refractivity contribution in [3.63, 3.8) is 0 Å². The van der Waals surface area contributed by atoms with Gasteiger partial charge in [-0.15, -0.1) is 0 Å². The summed E-state index contributed by atoms with van der Waals surface area (Å²) in [5, 5.41) is 12.4. The van der Waals surface area contributed by atoms with E-state index >= 15 is 0 Å². The van der Waals surface area contributed by atoms with E-state index in [1.165, 1.54) is 19.2 Å². The van der Waals surface area contributed by atoms with Crippen molar-refractivity contribution in [3.8, 4) is 17.2 Å². The first-order valence-electron chi connectivity index (χ1n) is 6.66. The molecular formula is C16H16ClNO5. The SMILES string of the molecule is COc1ccc(COC(=O)Nc2cc(O)c(OC)cc2Cl)cc1. The summed E-state index contributed by atoms with van der Waals surface area (Å²) in [6.45, 7) is 0.0928. The van der Waals surface area contributed by atoms with Gasteiger partial charge in [0.1, 0.15) is 12.4 Å². The second kappa shape index (κ2) is 7.60. The number of benzene rings is 2. The summed E-state index contributed by atoms with van der Waals surface area (Å²) in [5.41, 5.74) is 1.04. The molecule has 0 unspecified atom stereocenters. The molecule has 0 saturated carbocycles. The average Bonchev–Trinajstić information content (AvgIpc) is 2.56. The summed E-state index contributed by atoms with van der Waals surface area (Å²) in [7, 11) is 2.98. The van der Waals surface area contributed by atoms with E-state index < -0.39 is 6.09 Å². The van der Waals surface area contributed by atoms with Crippen molar-refractivity contribution in [2.24, 2.45) is 0 Å². The van der Waals surface area contributed by atoms with Crippen LogP contribution in [0.5, 0.6) is 17.2 Å². The number of rotatable bonds is 5. The number of phenols is 1. The molecule has 0 aliphatic rings. The Hall–Kier alpha value is -2.60. The molecular weight excluding hydrogens is 322 g/mol. The molecule has 0 atom stereocenters. The van der Waals surface area contributed by atoms with Crippen LogP contribution in [-0.2, 0) is 11.3 Å². The molecule has 2 aromatic carbocycles. The Morgan fingerprint density at radius 3 is 2.48 bits per heavy atom. The van der Waals surface area contributed by atoms with Gasteiger partial charge in [-0.2, -0.15) is 0 Å². The van der Waals surface area contributed by atoms with Crippen LogP contribution in [0.2, 0.25) is 5.02 Å². The van der Waals surface area contributed by atoms with Gasteiger partial charge < -0.3 is 19.3 Å². The predicted octanol–water partition coefficient (Wildman–Crippen LogP) is 3.81. The van der Waals surface area contributed by atoms with Crippen molar-refractivity contribution in [1.82, 2.24) is 0 Å². The number of methoxy groups -OCH3 is 2. The minimum Gasteiger partial charge on any atom is -0.504 e. The largest absolute Gasteiger partial charge is 0.504 e. The molecule has 0 aromatic heterocycles. The van der Waals surface area contributed by atoms with E-state index in [1.54, 1.807) is 31.4 Å². The smallest absolute Gasteiger partial charge is 0.412 e. The zero-order chi connectivity index (χ0) is 16.8. The summed E-state index contributed by atoms with van der Waals surface area (Å²) in [6.07, 6.45) is -0.688. The third-order valence-electron chi connectivity index (χ3n) is 3.03. The van der Waals surface area contributed by atoms with Crippen LogP contribution in [0.4, 0.5) is 10.5 Å². The molecule has 0 bridgehead atoms. The Balaban J connectivity index is 1.95. The van der Waals surface area contributed by atoms with Crippen LogP contribution in [0.3, 0.4) is 0 Å². The van der Waals surface area contributed by atoms with Crippen LogP contribution in [0.1, 0.15) is 5.56 Å². The monoisotopic (exact) mass is 337 g/mol. The van der Waals surface area contributed by atoms with Gasteiger partial charge in [-0.1, -0.05) is 23.7 Å². The number of hydrogen-bond acceptors (Lipinski definition) is 5. The van der Waals surface area contributed by atoms with E-state index in [4.69, 9.17) is 25.8 Å². The Bertz CT molecular complexity index is 688.